The van der Waals surface area contributed by atoms with Gasteiger partial charge in [0.15, 0.2) is 0 Å². The molecular weight excluding hydrogens is 404 g/mol. The number of carbonyl (C=O) groups excluding carboxylic acids is 2. The smallest absolute Gasteiger partial charge is 0.250 e. The maximum atomic E-state index is 12.6. The van der Waals surface area contributed by atoms with Gasteiger partial charge in [-0.3, -0.25) is 29.6 Å². The van der Waals surface area contributed by atoms with E-state index in [9.17, 15) is 9.59 Å². The molecule has 0 bridgehead atoms. The molecule has 2 aromatic carbocycles. The fraction of sp³-hybridized carbons (Fsp3) is 0.238. The fourth-order valence-corrected chi connectivity index (χ4v) is 3.02. The Morgan fingerprint density at radius 3 is 1.24 bits per heavy atom. The summed E-state index contributed by atoms with van der Waals surface area (Å²) in [5, 5.41) is 5.80. The van der Waals surface area contributed by atoms with E-state index < -0.39 is 0 Å². The summed E-state index contributed by atoms with van der Waals surface area (Å²) >= 11 is 10.9. The fourth-order valence-electron chi connectivity index (χ4n) is 2.50. The number of carbonyl (C=O) groups is 2. The van der Waals surface area contributed by atoms with Crippen LogP contribution in [0.2, 0.25) is 0 Å². The summed E-state index contributed by atoms with van der Waals surface area (Å²) in [6.45, 7) is 0. The summed E-state index contributed by atoms with van der Waals surface area (Å²) in [7, 11) is 6.56. The predicted molar refractivity (Wildman–Crippen MR) is 122 cm³/mol. The van der Waals surface area contributed by atoms with Crippen LogP contribution in [-0.2, 0) is 9.59 Å². The molecule has 2 aromatic rings. The Bertz CT molecular complexity index is 817. The predicted octanol–water partition coefficient (Wildman–Crippen LogP) is 2.74. The third-order valence-electron chi connectivity index (χ3n) is 4.55. The van der Waals surface area contributed by atoms with Crippen molar-refractivity contribution in [2.45, 2.75) is 6.42 Å². The van der Waals surface area contributed by atoms with Crippen molar-refractivity contribution in [1.82, 2.24) is 20.0 Å². The zero-order valence-electron chi connectivity index (χ0n) is 16.9. The minimum absolute atomic E-state index is 0.309. The van der Waals surface area contributed by atoms with Crippen LogP contribution in [-0.4, -0.2) is 70.0 Å². The summed E-state index contributed by atoms with van der Waals surface area (Å²) in [5.41, 5.74) is 1.64. The molecule has 6 nitrogen and oxygen atoms in total. The van der Waals surface area contributed by atoms with Gasteiger partial charge in [-0.15, -0.1) is 0 Å². The van der Waals surface area contributed by atoms with Gasteiger partial charge in [-0.2, -0.15) is 0 Å². The molecular formula is C21H24N4O2S2. The van der Waals surface area contributed by atoms with Crippen LogP contribution in [0.4, 0.5) is 0 Å². The lowest BCUT2D eigenvalue weighted by Gasteiger charge is -2.33. The number of nitrogens with zero attached hydrogens (tertiary/aromatic N) is 4. The molecule has 0 N–H and O–H groups in total. The second-order valence-corrected chi connectivity index (χ2v) is 7.17. The van der Waals surface area contributed by atoms with Gasteiger partial charge >= 0.3 is 0 Å². The second kappa shape index (κ2) is 10.1. The highest BCUT2D eigenvalue weighted by atomic mass is 32.1. The van der Waals surface area contributed by atoms with E-state index in [0.29, 0.717) is 9.98 Å². The van der Waals surface area contributed by atoms with Gasteiger partial charge < -0.3 is 0 Å². The lowest BCUT2D eigenvalue weighted by molar-refractivity contribution is -0.148. The van der Waals surface area contributed by atoms with Gasteiger partial charge in [-0.25, -0.2) is 0 Å². The number of hydrazine groups is 2. The molecule has 0 radical (unpaired) electrons. The number of amides is 2. The van der Waals surface area contributed by atoms with Crippen molar-refractivity contribution in [3.05, 3.63) is 71.8 Å². The molecule has 152 valence electrons. The summed E-state index contributed by atoms with van der Waals surface area (Å²) in [6.07, 6.45) is -0.309. The van der Waals surface area contributed by atoms with Crippen LogP contribution in [0, 0.1) is 0 Å². The van der Waals surface area contributed by atoms with Gasteiger partial charge in [-0.05, 0) is 0 Å². The monoisotopic (exact) mass is 428 g/mol. The van der Waals surface area contributed by atoms with Crippen molar-refractivity contribution < 1.29 is 9.59 Å². The summed E-state index contributed by atoms with van der Waals surface area (Å²) in [5.74, 6) is -0.747. The molecule has 0 atom stereocenters. The average molecular weight is 429 g/mol. The van der Waals surface area contributed by atoms with E-state index >= 15 is 0 Å². The first kappa shape index (κ1) is 22.4. The maximum Gasteiger partial charge on any atom is 0.250 e. The maximum absolute atomic E-state index is 12.6. The number of hydrogen-bond donors (Lipinski definition) is 0. The highest BCUT2D eigenvalue weighted by Gasteiger charge is 2.24. The summed E-state index contributed by atoms with van der Waals surface area (Å²) in [6, 6.07) is 18.8. The van der Waals surface area contributed by atoms with Crippen LogP contribution in [0.5, 0.6) is 0 Å². The average Bonchev–Trinajstić information content (AvgIpc) is 2.76. The van der Waals surface area contributed by atoms with Crippen molar-refractivity contribution >= 4 is 46.2 Å². The summed E-state index contributed by atoms with van der Waals surface area (Å²) in [4.78, 5) is 26.2. The zero-order chi connectivity index (χ0) is 21.6. The molecule has 0 saturated carbocycles. The Morgan fingerprint density at radius 2 is 0.931 bits per heavy atom. The number of benzene rings is 2. The van der Waals surface area contributed by atoms with E-state index in [0.717, 1.165) is 11.1 Å². The highest BCUT2D eigenvalue weighted by molar-refractivity contribution is 7.80. The van der Waals surface area contributed by atoms with Crippen LogP contribution >= 0.6 is 24.4 Å². The van der Waals surface area contributed by atoms with Gasteiger partial charge in [0.05, 0.1) is 0 Å². The minimum atomic E-state index is -0.373. The van der Waals surface area contributed by atoms with Gasteiger partial charge in [0.1, 0.15) is 16.4 Å². The molecule has 0 spiro atoms. The van der Waals surface area contributed by atoms with E-state index in [1.54, 1.807) is 38.2 Å². The van der Waals surface area contributed by atoms with Crippen molar-refractivity contribution in [3.63, 3.8) is 0 Å². The minimum Gasteiger partial charge on any atom is -0.275 e. The molecule has 2 rings (SSSR count). The first-order valence-corrected chi connectivity index (χ1v) is 9.74. The van der Waals surface area contributed by atoms with Crippen molar-refractivity contribution in [1.29, 1.82) is 0 Å². The molecule has 0 aliphatic heterocycles. The largest absolute Gasteiger partial charge is 0.275 e. The van der Waals surface area contributed by atoms with Gasteiger partial charge in [0, 0.05) is 39.3 Å². The van der Waals surface area contributed by atoms with Crippen molar-refractivity contribution in [2.75, 3.05) is 28.2 Å². The van der Waals surface area contributed by atoms with Crippen molar-refractivity contribution in [3.8, 4) is 0 Å². The van der Waals surface area contributed by atoms with E-state index in [1.165, 1.54) is 10.0 Å². The third kappa shape index (κ3) is 5.58. The molecule has 0 fully saturated rings. The third-order valence-corrected chi connectivity index (χ3v) is 5.55. The lowest BCUT2D eigenvalue weighted by atomic mass is 10.2. The Labute approximate surface area is 182 Å². The topological polar surface area (TPSA) is 47.1 Å². The van der Waals surface area contributed by atoms with Gasteiger partial charge in [0.25, 0.3) is 0 Å². The molecule has 0 unspecified atom stereocenters. The van der Waals surface area contributed by atoms with Crippen molar-refractivity contribution in [2.24, 2.45) is 0 Å². The number of hydrogen-bond acceptors (Lipinski definition) is 4. The number of thiocarbonyl (C=S) groups is 2. The highest BCUT2D eigenvalue weighted by Crippen LogP contribution is 2.10. The molecule has 8 heteroatoms. The molecule has 0 saturated heterocycles. The molecule has 0 aromatic heterocycles. The molecule has 0 aliphatic rings. The van der Waals surface area contributed by atoms with Gasteiger partial charge in [0.2, 0.25) is 11.8 Å². The molecule has 2 amide bonds. The van der Waals surface area contributed by atoms with Crippen LogP contribution < -0.4 is 0 Å². The van der Waals surface area contributed by atoms with Crippen LogP contribution in [0.15, 0.2) is 60.7 Å². The Hall–Kier alpha value is -2.84. The SMILES string of the molecule is CN(C(=O)CC(=O)N(C)N(C)C(=S)c1ccccc1)N(C)C(=S)c1ccccc1. The van der Waals surface area contributed by atoms with E-state index in [2.05, 4.69) is 0 Å². The van der Waals surface area contributed by atoms with Crippen LogP contribution in [0.1, 0.15) is 17.5 Å². The second-order valence-electron chi connectivity index (χ2n) is 6.40. The Balaban J connectivity index is 1.98. The quantitative estimate of drug-likeness (QED) is 0.424. The molecule has 29 heavy (non-hydrogen) atoms. The van der Waals surface area contributed by atoms with E-state index in [-0.39, 0.29) is 18.2 Å². The van der Waals surface area contributed by atoms with E-state index in [4.69, 9.17) is 24.4 Å². The first-order valence-electron chi connectivity index (χ1n) is 8.93. The van der Waals surface area contributed by atoms with Crippen LogP contribution in [0.25, 0.3) is 0 Å². The standard InChI is InChI=1S/C21H24N4O2S2/c1-22(24(3)20(28)16-11-7-5-8-12-16)18(26)15-19(27)23(2)25(4)21(29)17-13-9-6-10-14-17/h5-14H,15H2,1-4H3. The molecule has 0 heterocycles. The van der Waals surface area contributed by atoms with Gasteiger partial charge in [-0.1, -0.05) is 85.1 Å². The lowest BCUT2D eigenvalue weighted by Crippen LogP contribution is -2.48. The Morgan fingerprint density at radius 1 is 0.621 bits per heavy atom. The molecule has 0 aliphatic carbocycles. The normalized spacial score (nSPS) is 10.1. The first-order chi connectivity index (χ1) is 13.7. The number of rotatable bonds is 4. The zero-order valence-corrected chi connectivity index (χ0v) is 18.5. The van der Waals surface area contributed by atoms with E-state index in [1.807, 2.05) is 60.7 Å². The summed E-state index contributed by atoms with van der Waals surface area (Å²) < 4.78 is 0. The van der Waals surface area contributed by atoms with Crippen LogP contribution in [0.3, 0.4) is 0 Å². The Kier molecular flexibility index (Phi) is 7.81.